The zero-order valence-electron chi connectivity index (χ0n) is 11.7. The molecule has 7 heteroatoms. The summed E-state index contributed by atoms with van der Waals surface area (Å²) < 4.78 is 0. The van der Waals surface area contributed by atoms with Crippen LogP contribution in [0.5, 0.6) is 0 Å². The second-order valence-electron chi connectivity index (χ2n) is 5.43. The summed E-state index contributed by atoms with van der Waals surface area (Å²) in [5.74, 6) is -0.925. The van der Waals surface area contributed by atoms with Crippen molar-refractivity contribution in [1.82, 2.24) is 20.9 Å². The molecule has 2 amide bonds. The first-order valence-corrected chi connectivity index (χ1v) is 6.60. The van der Waals surface area contributed by atoms with Crippen LogP contribution < -0.4 is 16.0 Å². The van der Waals surface area contributed by atoms with Crippen molar-refractivity contribution in [2.45, 2.75) is 25.8 Å². The Morgan fingerprint density at radius 3 is 2.53 bits per heavy atom. The van der Waals surface area contributed by atoms with E-state index in [0.717, 1.165) is 32.7 Å². The van der Waals surface area contributed by atoms with Gasteiger partial charge in [-0.05, 0) is 13.8 Å². The summed E-state index contributed by atoms with van der Waals surface area (Å²) in [6, 6.07) is -0.318. The number of carboxylic acid groups (broad SMARTS) is 1. The maximum atomic E-state index is 11.6. The molecule has 1 fully saturated rings. The Labute approximate surface area is 113 Å². The van der Waals surface area contributed by atoms with Gasteiger partial charge in [-0.2, -0.15) is 0 Å². The number of hydrogen-bond donors (Lipinski definition) is 4. The third-order valence-corrected chi connectivity index (χ3v) is 2.97. The zero-order chi connectivity index (χ0) is 14.3. The normalized spacial score (nSPS) is 16.9. The molecular weight excluding hydrogens is 248 g/mol. The Hall–Kier alpha value is -1.34. The maximum absolute atomic E-state index is 11.6. The van der Waals surface area contributed by atoms with Crippen LogP contribution in [0.1, 0.15) is 20.3 Å². The standard InChI is InChI=1S/C12H24N4O3/c1-12(2,9-10(17)18)15-11(19)14-5-8-16-6-3-13-4-7-16/h13H,3-9H2,1-2H3,(H,17,18)(H2,14,15,19). The summed E-state index contributed by atoms with van der Waals surface area (Å²) >= 11 is 0. The fourth-order valence-corrected chi connectivity index (χ4v) is 2.04. The van der Waals surface area contributed by atoms with Crippen molar-refractivity contribution in [3.05, 3.63) is 0 Å². The smallest absolute Gasteiger partial charge is 0.315 e. The van der Waals surface area contributed by atoms with Crippen LogP contribution in [0.4, 0.5) is 4.79 Å². The third-order valence-electron chi connectivity index (χ3n) is 2.97. The summed E-state index contributed by atoms with van der Waals surface area (Å²) in [7, 11) is 0. The number of nitrogens with one attached hydrogen (secondary N) is 3. The molecule has 0 unspecified atom stereocenters. The van der Waals surface area contributed by atoms with Crippen LogP contribution in [-0.4, -0.2) is 66.8 Å². The fourth-order valence-electron chi connectivity index (χ4n) is 2.04. The molecule has 1 aliphatic rings. The van der Waals surface area contributed by atoms with Gasteiger partial charge in [0.1, 0.15) is 0 Å². The SMILES string of the molecule is CC(C)(CC(=O)O)NC(=O)NCCN1CCNCC1. The van der Waals surface area contributed by atoms with Crippen molar-refractivity contribution in [3.8, 4) is 0 Å². The Morgan fingerprint density at radius 1 is 1.32 bits per heavy atom. The van der Waals surface area contributed by atoms with Gasteiger partial charge in [-0.15, -0.1) is 0 Å². The maximum Gasteiger partial charge on any atom is 0.315 e. The highest BCUT2D eigenvalue weighted by Gasteiger charge is 2.23. The molecule has 4 N–H and O–H groups in total. The van der Waals surface area contributed by atoms with Gasteiger partial charge in [0.25, 0.3) is 0 Å². The second kappa shape index (κ2) is 7.30. The number of carbonyl (C=O) groups excluding carboxylic acids is 1. The van der Waals surface area contributed by atoms with Crippen LogP contribution in [0.3, 0.4) is 0 Å². The summed E-state index contributed by atoms with van der Waals surface area (Å²) in [6.45, 7) is 8.72. The number of piperazine rings is 1. The molecule has 1 aliphatic heterocycles. The van der Waals surface area contributed by atoms with Gasteiger partial charge in [0.2, 0.25) is 0 Å². The minimum absolute atomic E-state index is 0.0990. The molecule has 0 saturated carbocycles. The van der Waals surface area contributed by atoms with Crippen LogP contribution in [0.25, 0.3) is 0 Å². The van der Waals surface area contributed by atoms with E-state index in [-0.39, 0.29) is 12.5 Å². The first-order chi connectivity index (χ1) is 8.89. The third kappa shape index (κ3) is 6.97. The van der Waals surface area contributed by atoms with Crippen LogP contribution in [0.2, 0.25) is 0 Å². The average molecular weight is 272 g/mol. The van der Waals surface area contributed by atoms with Crippen molar-refractivity contribution in [1.29, 1.82) is 0 Å². The summed E-state index contributed by atoms with van der Waals surface area (Å²) in [4.78, 5) is 24.5. The second-order valence-corrected chi connectivity index (χ2v) is 5.43. The number of aliphatic carboxylic acids is 1. The molecule has 7 nitrogen and oxygen atoms in total. The molecule has 0 radical (unpaired) electrons. The number of rotatable bonds is 6. The van der Waals surface area contributed by atoms with E-state index in [2.05, 4.69) is 20.9 Å². The fraction of sp³-hybridized carbons (Fsp3) is 0.833. The first-order valence-electron chi connectivity index (χ1n) is 6.60. The lowest BCUT2D eigenvalue weighted by Gasteiger charge is -2.28. The van der Waals surface area contributed by atoms with Crippen LogP contribution >= 0.6 is 0 Å². The first kappa shape index (κ1) is 15.7. The average Bonchev–Trinajstić information content (AvgIpc) is 2.27. The Morgan fingerprint density at radius 2 is 1.95 bits per heavy atom. The molecule has 110 valence electrons. The molecule has 0 bridgehead atoms. The Balaban J connectivity index is 2.18. The predicted molar refractivity (Wildman–Crippen MR) is 72.2 cm³/mol. The van der Waals surface area contributed by atoms with Crippen LogP contribution in [0, 0.1) is 0 Å². The highest BCUT2D eigenvalue weighted by atomic mass is 16.4. The van der Waals surface area contributed by atoms with E-state index in [1.165, 1.54) is 0 Å². The van der Waals surface area contributed by atoms with Gasteiger partial charge in [-0.3, -0.25) is 9.69 Å². The summed E-state index contributed by atoms with van der Waals surface area (Å²) in [6.07, 6.45) is -0.0990. The van der Waals surface area contributed by atoms with Crippen molar-refractivity contribution in [3.63, 3.8) is 0 Å². The lowest BCUT2D eigenvalue weighted by atomic mass is 10.0. The summed E-state index contributed by atoms with van der Waals surface area (Å²) in [5, 5.41) is 17.4. The lowest BCUT2D eigenvalue weighted by Crippen LogP contribution is -2.51. The lowest BCUT2D eigenvalue weighted by molar-refractivity contribution is -0.138. The Kier molecular flexibility index (Phi) is 6.04. The molecule has 19 heavy (non-hydrogen) atoms. The molecule has 1 heterocycles. The number of nitrogens with zero attached hydrogens (tertiary/aromatic N) is 1. The molecule has 0 atom stereocenters. The van der Waals surface area contributed by atoms with Gasteiger partial charge in [0.05, 0.1) is 6.42 Å². The van der Waals surface area contributed by atoms with Gasteiger partial charge >= 0.3 is 12.0 Å². The molecular formula is C12H24N4O3. The van der Waals surface area contributed by atoms with Gasteiger partial charge in [-0.25, -0.2) is 4.79 Å². The van der Waals surface area contributed by atoms with Crippen molar-refractivity contribution < 1.29 is 14.7 Å². The minimum Gasteiger partial charge on any atom is -0.481 e. The number of urea groups is 1. The van der Waals surface area contributed by atoms with Gasteiger partial charge < -0.3 is 21.1 Å². The quantitative estimate of drug-likeness (QED) is 0.520. The van der Waals surface area contributed by atoms with E-state index in [9.17, 15) is 9.59 Å². The zero-order valence-corrected chi connectivity index (χ0v) is 11.7. The van der Waals surface area contributed by atoms with Crippen LogP contribution in [-0.2, 0) is 4.79 Å². The highest BCUT2D eigenvalue weighted by molar-refractivity contribution is 5.76. The molecule has 0 aromatic carbocycles. The van der Waals surface area contributed by atoms with Gasteiger partial charge in [-0.1, -0.05) is 0 Å². The molecule has 0 aromatic heterocycles. The minimum atomic E-state index is -0.925. The predicted octanol–water partition coefficient (Wildman–Crippen LogP) is -0.556. The molecule has 0 spiro atoms. The largest absolute Gasteiger partial charge is 0.481 e. The topological polar surface area (TPSA) is 93.7 Å². The molecule has 0 aliphatic carbocycles. The van der Waals surface area contributed by atoms with E-state index in [1.54, 1.807) is 13.8 Å². The number of hydrogen-bond acceptors (Lipinski definition) is 4. The molecule has 0 aromatic rings. The highest BCUT2D eigenvalue weighted by Crippen LogP contribution is 2.07. The van der Waals surface area contributed by atoms with E-state index < -0.39 is 11.5 Å². The summed E-state index contributed by atoms with van der Waals surface area (Å²) in [5.41, 5.74) is -0.745. The molecule has 1 saturated heterocycles. The monoisotopic (exact) mass is 272 g/mol. The van der Waals surface area contributed by atoms with Crippen molar-refractivity contribution in [2.75, 3.05) is 39.3 Å². The van der Waals surface area contributed by atoms with E-state index in [0.29, 0.717) is 6.54 Å². The molecule has 1 rings (SSSR count). The number of amides is 2. The van der Waals surface area contributed by atoms with Gasteiger partial charge in [0, 0.05) is 44.8 Å². The van der Waals surface area contributed by atoms with Crippen molar-refractivity contribution in [2.24, 2.45) is 0 Å². The number of carbonyl (C=O) groups is 2. The van der Waals surface area contributed by atoms with Gasteiger partial charge in [0.15, 0.2) is 0 Å². The van der Waals surface area contributed by atoms with E-state index in [1.807, 2.05) is 0 Å². The number of carboxylic acids is 1. The van der Waals surface area contributed by atoms with Crippen LogP contribution in [0.15, 0.2) is 0 Å². The Bertz CT molecular complexity index is 314. The van der Waals surface area contributed by atoms with Crippen molar-refractivity contribution >= 4 is 12.0 Å². The van der Waals surface area contributed by atoms with E-state index in [4.69, 9.17) is 5.11 Å². The van der Waals surface area contributed by atoms with E-state index >= 15 is 0 Å².